The second kappa shape index (κ2) is 6.93. The quantitative estimate of drug-likeness (QED) is 0.418. The molecule has 0 spiro atoms. The second-order valence-electron chi connectivity index (χ2n) is 5.28. The van der Waals surface area contributed by atoms with Gasteiger partial charge in [0.1, 0.15) is 11.5 Å². The summed E-state index contributed by atoms with van der Waals surface area (Å²) >= 11 is 0. The van der Waals surface area contributed by atoms with Crippen LogP contribution >= 0.6 is 0 Å². The van der Waals surface area contributed by atoms with E-state index in [9.17, 15) is 24.6 Å². The van der Waals surface area contributed by atoms with Crippen molar-refractivity contribution in [2.24, 2.45) is 5.10 Å². The van der Waals surface area contributed by atoms with Gasteiger partial charge < -0.3 is 0 Å². The molecule has 0 aliphatic carbocycles. The SMILES string of the molecule is O=[N+]([O-])c1ccc(NN=Cc2ccc3ccccc3c2F)c([N+](=O)[O-])c1. The number of non-ortho nitro benzene ring substituents is 1. The van der Waals surface area contributed by atoms with Crippen molar-refractivity contribution in [3.8, 4) is 0 Å². The van der Waals surface area contributed by atoms with Crippen LogP contribution in [0.1, 0.15) is 5.56 Å². The lowest BCUT2D eigenvalue weighted by Gasteiger charge is -2.04. The number of nitro benzene ring substituents is 2. The van der Waals surface area contributed by atoms with Gasteiger partial charge in [-0.05, 0) is 17.5 Å². The molecule has 0 saturated carbocycles. The van der Waals surface area contributed by atoms with Crippen LogP contribution in [0.5, 0.6) is 0 Å². The van der Waals surface area contributed by atoms with E-state index in [1.165, 1.54) is 18.3 Å². The van der Waals surface area contributed by atoms with Crippen LogP contribution in [-0.4, -0.2) is 16.1 Å². The summed E-state index contributed by atoms with van der Waals surface area (Å²) in [6, 6.07) is 13.3. The standard InChI is InChI=1S/C17H11FN4O4/c18-17-12(6-5-11-3-1-2-4-14(11)17)10-19-20-15-8-7-13(21(23)24)9-16(15)22(25)26/h1-10,20H. The molecule has 0 saturated heterocycles. The maximum absolute atomic E-state index is 14.4. The Morgan fingerprint density at radius 2 is 1.77 bits per heavy atom. The molecular weight excluding hydrogens is 343 g/mol. The summed E-state index contributed by atoms with van der Waals surface area (Å²) < 4.78 is 14.4. The molecule has 0 amide bonds. The number of nitrogens with one attached hydrogen (secondary N) is 1. The molecule has 3 aromatic carbocycles. The molecule has 26 heavy (non-hydrogen) atoms. The van der Waals surface area contributed by atoms with Crippen molar-refractivity contribution in [3.63, 3.8) is 0 Å². The van der Waals surface area contributed by atoms with Crippen LogP contribution in [-0.2, 0) is 0 Å². The molecule has 130 valence electrons. The van der Waals surface area contributed by atoms with Crippen LogP contribution in [0.25, 0.3) is 10.8 Å². The number of benzene rings is 3. The first-order valence-corrected chi connectivity index (χ1v) is 7.36. The van der Waals surface area contributed by atoms with E-state index in [4.69, 9.17) is 0 Å². The molecule has 3 rings (SSSR count). The molecule has 0 atom stereocenters. The number of halogens is 1. The lowest BCUT2D eigenvalue weighted by atomic mass is 10.1. The van der Waals surface area contributed by atoms with Gasteiger partial charge in [-0.15, -0.1) is 0 Å². The molecule has 0 aliphatic heterocycles. The molecule has 3 aromatic rings. The zero-order chi connectivity index (χ0) is 18.7. The van der Waals surface area contributed by atoms with E-state index in [2.05, 4.69) is 10.5 Å². The van der Waals surface area contributed by atoms with Crippen LogP contribution < -0.4 is 5.43 Å². The lowest BCUT2D eigenvalue weighted by molar-refractivity contribution is -0.393. The number of hydrazone groups is 1. The van der Waals surface area contributed by atoms with Gasteiger partial charge in [0.2, 0.25) is 0 Å². The van der Waals surface area contributed by atoms with E-state index in [0.29, 0.717) is 5.39 Å². The Morgan fingerprint density at radius 3 is 2.50 bits per heavy atom. The zero-order valence-electron chi connectivity index (χ0n) is 13.1. The van der Waals surface area contributed by atoms with E-state index in [0.717, 1.165) is 17.5 Å². The summed E-state index contributed by atoms with van der Waals surface area (Å²) in [7, 11) is 0. The Morgan fingerprint density at radius 1 is 1.00 bits per heavy atom. The molecule has 9 heteroatoms. The predicted octanol–water partition coefficient (Wildman–Crippen LogP) is 4.24. The third-order valence-electron chi connectivity index (χ3n) is 3.67. The molecular formula is C17H11FN4O4. The Hall–Kier alpha value is -3.88. The lowest BCUT2D eigenvalue weighted by Crippen LogP contribution is -1.99. The minimum atomic E-state index is -0.762. The number of rotatable bonds is 5. The zero-order valence-corrected chi connectivity index (χ0v) is 13.1. The third kappa shape index (κ3) is 3.31. The van der Waals surface area contributed by atoms with E-state index in [1.807, 2.05) is 0 Å². The average Bonchev–Trinajstić information content (AvgIpc) is 2.63. The number of hydrogen-bond donors (Lipinski definition) is 1. The van der Waals surface area contributed by atoms with Crippen molar-refractivity contribution >= 4 is 34.0 Å². The molecule has 0 radical (unpaired) electrons. The molecule has 0 unspecified atom stereocenters. The van der Waals surface area contributed by atoms with Crippen LogP contribution in [0.2, 0.25) is 0 Å². The number of hydrogen-bond acceptors (Lipinski definition) is 6. The Bertz CT molecular complexity index is 1050. The summed E-state index contributed by atoms with van der Waals surface area (Å²) in [6.45, 7) is 0. The van der Waals surface area contributed by atoms with Crippen molar-refractivity contribution in [1.29, 1.82) is 0 Å². The number of anilines is 1. The van der Waals surface area contributed by atoms with Crippen molar-refractivity contribution in [3.05, 3.63) is 86.2 Å². The summed E-state index contributed by atoms with van der Waals surface area (Å²) in [4.78, 5) is 20.3. The molecule has 0 heterocycles. The monoisotopic (exact) mass is 354 g/mol. The van der Waals surface area contributed by atoms with Crippen molar-refractivity contribution in [1.82, 2.24) is 0 Å². The van der Waals surface area contributed by atoms with Crippen molar-refractivity contribution in [2.75, 3.05) is 5.43 Å². The number of nitro groups is 2. The number of fused-ring (bicyclic) bond motifs is 1. The maximum Gasteiger partial charge on any atom is 0.301 e. The van der Waals surface area contributed by atoms with Gasteiger partial charge >= 0.3 is 5.69 Å². The highest BCUT2D eigenvalue weighted by Crippen LogP contribution is 2.29. The van der Waals surface area contributed by atoms with Crippen LogP contribution in [0.4, 0.5) is 21.5 Å². The normalized spacial score (nSPS) is 11.0. The fraction of sp³-hybridized carbons (Fsp3) is 0. The first kappa shape index (κ1) is 17.0. The van der Waals surface area contributed by atoms with E-state index in [1.54, 1.807) is 30.3 Å². The van der Waals surface area contributed by atoms with Gasteiger partial charge in [0.25, 0.3) is 5.69 Å². The van der Waals surface area contributed by atoms with Crippen LogP contribution in [0, 0.1) is 26.0 Å². The van der Waals surface area contributed by atoms with Gasteiger partial charge in [-0.3, -0.25) is 25.7 Å². The smallest absolute Gasteiger partial charge is 0.272 e. The van der Waals surface area contributed by atoms with Gasteiger partial charge in [0.05, 0.1) is 22.1 Å². The van der Waals surface area contributed by atoms with E-state index >= 15 is 0 Å². The molecule has 8 nitrogen and oxygen atoms in total. The van der Waals surface area contributed by atoms with E-state index in [-0.39, 0.29) is 11.3 Å². The van der Waals surface area contributed by atoms with Gasteiger partial charge in [0, 0.05) is 17.0 Å². The van der Waals surface area contributed by atoms with Crippen LogP contribution in [0.3, 0.4) is 0 Å². The minimum Gasteiger partial charge on any atom is -0.272 e. The Kier molecular flexibility index (Phi) is 4.52. The molecule has 0 fully saturated rings. The van der Waals surface area contributed by atoms with Gasteiger partial charge in [-0.1, -0.05) is 30.3 Å². The summed E-state index contributed by atoms with van der Waals surface area (Å²) in [5.41, 5.74) is 1.66. The average molecular weight is 354 g/mol. The molecule has 0 aromatic heterocycles. The highest BCUT2D eigenvalue weighted by Gasteiger charge is 2.19. The number of nitrogens with zero attached hydrogens (tertiary/aromatic N) is 3. The first-order chi connectivity index (χ1) is 12.5. The highest BCUT2D eigenvalue weighted by atomic mass is 19.1. The largest absolute Gasteiger partial charge is 0.301 e. The Balaban J connectivity index is 1.88. The molecule has 0 aliphatic rings. The fourth-order valence-corrected chi connectivity index (χ4v) is 2.40. The third-order valence-corrected chi connectivity index (χ3v) is 3.67. The minimum absolute atomic E-state index is 0.0435. The summed E-state index contributed by atoms with van der Waals surface area (Å²) in [6.07, 6.45) is 1.19. The Labute approximate surface area is 145 Å². The van der Waals surface area contributed by atoms with Crippen LogP contribution in [0.15, 0.2) is 59.7 Å². The van der Waals surface area contributed by atoms with Gasteiger partial charge in [-0.2, -0.15) is 5.10 Å². The topological polar surface area (TPSA) is 111 Å². The molecule has 1 N–H and O–H groups in total. The van der Waals surface area contributed by atoms with E-state index < -0.39 is 27.0 Å². The molecule has 0 bridgehead atoms. The first-order valence-electron chi connectivity index (χ1n) is 7.36. The fourth-order valence-electron chi connectivity index (χ4n) is 2.40. The maximum atomic E-state index is 14.4. The highest BCUT2D eigenvalue weighted by molar-refractivity contribution is 5.91. The summed E-state index contributed by atoms with van der Waals surface area (Å²) in [5, 5.41) is 26.8. The predicted molar refractivity (Wildman–Crippen MR) is 94.9 cm³/mol. The van der Waals surface area contributed by atoms with Crippen molar-refractivity contribution < 1.29 is 14.2 Å². The second-order valence-corrected chi connectivity index (χ2v) is 5.28. The van der Waals surface area contributed by atoms with Gasteiger partial charge in [0.15, 0.2) is 0 Å². The van der Waals surface area contributed by atoms with Crippen molar-refractivity contribution in [2.45, 2.75) is 0 Å². The van der Waals surface area contributed by atoms with Gasteiger partial charge in [-0.25, -0.2) is 4.39 Å². The summed E-state index contributed by atoms with van der Waals surface area (Å²) in [5.74, 6) is -0.466.